The lowest BCUT2D eigenvalue weighted by molar-refractivity contribution is -0.117. The maximum absolute atomic E-state index is 11.9. The topological polar surface area (TPSA) is 69.9 Å². The first-order valence-electron chi connectivity index (χ1n) is 5.37. The number of carbonyl (C=O) groups is 1. The number of rotatable bonds is 3. The Labute approximate surface area is 118 Å². The molecule has 1 aliphatic rings. The van der Waals surface area contributed by atoms with E-state index in [1.54, 1.807) is 4.90 Å². The summed E-state index contributed by atoms with van der Waals surface area (Å²) in [6, 6.07) is 2.04. The van der Waals surface area contributed by atoms with Gasteiger partial charge in [0, 0.05) is 18.3 Å². The number of anilines is 1. The van der Waals surface area contributed by atoms with Crippen LogP contribution in [0, 0.1) is 17.2 Å². The van der Waals surface area contributed by atoms with Gasteiger partial charge in [0.1, 0.15) is 11.6 Å². The van der Waals surface area contributed by atoms with Gasteiger partial charge in [0.25, 0.3) is 0 Å². The third-order valence-corrected chi connectivity index (χ3v) is 4.21. The van der Waals surface area contributed by atoms with E-state index in [4.69, 9.17) is 5.26 Å². The minimum absolute atomic E-state index is 0.0155. The fourth-order valence-electron chi connectivity index (χ4n) is 1.83. The van der Waals surface area contributed by atoms with Gasteiger partial charge in [-0.2, -0.15) is 5.26 Å². The fraction of sp³-hybridized carbons (Fsp3) is 0.455. The van der Waals surface area contributed by atoms with Crippen LogP contribution in [-0.2, 0) is 4.79 Å². The van der Waals surface area contributed by atoms with Gasteiger partial charge in [0.2, 0.25) is 5.91 Å². The predicted octanol–water partition coefficient (Wildman–Crippen LogP) is 1.82. The largest absolute Gasteiger partial charge is 0.295 e. The highest BCUT2D eigenvalue weighted by Crippen LogP contribution is 2.27. The quantitative estimate of drug-likeness (QED) is 0.481. The third kappa shape index (κ3) is 2.49. The van der Waals surface area contributed by atoms with E-state index in [-0.39, 0.29) is 11.8 Å². The first-order valence-corrected chi connectivity index (χ1v) is 7.71. The predicted molar refractivity (Wildman–Crippen MR) is 72.8 cm³/mol. The van der Waals surface area contributed by atoms with Crippen LogP contribution in [0.2, 0.25) is 0 Å². The van der Waals surface area contributed by atoms with Crippen molar-refractivity contribution >= 4 is 39.4 Å². The maximum atomic E-state index is 11.9. The number of nitriles is 1. The number of thioether (sulfide) groups is 1. The molecule has 1 saturated heterocycles. The minimum atomic E-state index is 0.0155. The molecule has 0 spiro atoms. The summed E-state index contributed by atoms with van der Waals surface area (Å²) >= 11 is 4.78. The van der Waals surface area contributed by atoms with Crippen molar-refractivity contribution in [1.29, 1.82) is 5.26 Å². The van der Waals surface area contributed by atoms with Gasteiger partial charge in [-0.25, -0.2) is 9.97 Å². The van der Waals surface area contributed by atoms with Gasteiger partial charge in [0.05, 0.1) is 6.20 Å². The van der Waals surface area contributed by atoms with Crippen molar-refractivity contribution in [1.82, 2.24) is 9.97 Å². The Morgan fingerprint density at radius 3 is 3.06 bits per heavy atom. The molecule has 2 rings (SSSR count). The second-order valence-corrected chi connectivity index (χ2v) is 5.36. The summed E-state index contributed by atoms with van der Waals surface area (Å²) in [5, 5.41) is 10.4. The minimum Gasteiger partial charge on any atom is -0.295 e. The number of hydrogen-bond acceptors (Lipinski definition) is 5. The van der Waals surface area contributed by atoms with E-state index in [0.717, 1.165) is 5.33 Å². The van der Waals surface area contributed by atoms with Gasteiger partial charge >= 0.3 is 0 Å². The summed E-state index contributed by atoms with van der Waals surface area (Å²) in [5.74, 6) is 0.726. The zero-order chi connectivity index (χ0) is 13.1. The molecule has 1 fully saturated rings. The van der Waals surface area contributed by atoms with E-state index in [1.807, 2.05) is 12.3 Å². The first-order chi connectivity index (χ1) is 8.69. The number of aromatic nitrogens is 2. The molecule has 0 N–H and O–H groups in total. The molecule has 94 valence electrons. The lowest BCUT2D eigenvalue weighted by Crippen LogP contribution is -2.27. The van der Waals surface area contributed by atoms with Gasteiger partial charge in [-0.15, -0.1) is 0 Å². The highest BCUT2D eigenvalue weighted by molar-refractivity contribution is 9.09. The maximum Gasteiger partial charge on any atom is 0.228 e. The van der Waals surface area contributed by atoms with Crippen LogP contribution in [0.1, 0.15) is 12.0 Å². The Bertz CT molecular complexity index is 516. The van der Waals surface area contributed by atoms with Crippen LogP contribution in [0.3, 0.4) is 0 Å². The molecular weight excluding hydrogens is 316 g/mol. The number of amides is 1. The molecular formula is C11H11BrN4OS. The molecule has 1 aromatic rings. The Balaban J connectivity index is 2.38. The molecule has 5 nitrogen and oxygen atoms in total. The van der Waals surface area contributed by atoms with Crippen LogP contribution < -0.4 is 4.90 Å². The van der Waals surface area contributed by atoms with Gasteiger partial charge in [-0.3, -0.25) is 9.69 Å². The van der Waals surface area contributed by atoms with E-state index < -0.39 is 0 Å². The smallest absolute Gasteiger partial charge is 0.228 e. The first kappa shape index (κ1) is 13.3. The molecule has 0 aliphatic carbocycles. The zero-order valence-electron chi connectivity index (χ0n) is 9.76. The van der Waals surface area contributed by atoms with Crippen molar-refractivity contribution in [2.24, 2.45) is 5.92 Å². The number of alkyl halides is 1. The third-order valence-electron chi connectivity index (χ3n) is 2.73. The van der Waals surface area contributed by atoms with Crippen LogP contribution in [0.15, 0.2) is 11.4 Å². The van der Waals surface area contributed by atoms with E-state index in [0.29, 0.717) is 29.5 Å². The molecule has 1 unspecified atom stereocenters. The van der Waals surface area contributed by atoms with E-state index in [2.05, 4.69) is 25.9 Å². The lowest BCUT2D eigenvalue weighted by atomic mass is 10.2. The van der Waals surface area contributed by atoms with Gasteiger partial charge in [-0.1, -0.05) is 27.7 Å². The van der Waals surface area contributed by atoms with E-state index in [1.165, 1.54) is 18.0 Å². The van der Waals surface area contributed by atoms with Gasteiger partial charge in [-0.05, 0) is 12.2 Å². The number of hydrogen-bond donors (Lipinski definition) is 0. The lowest BCUT2D eigenvalue weighted by Gasteiger charge is -2.16. The van der Waals surface area contributed by atoms with Gasteiger partial charge in [0.15, 0.2) is 11.0 Å². The SMILES string of the molecule is CSc1ncc(C#N)c(N2CC(CBr)CC2=O)n1. The van der Waals surface area contributed by atoms with Crippen LogP contribution >= 0.6 is 27.7 Å². The highest BCUT2D eigenvalue weighted by Gasteiger charge is 2.32. The summed E-state index contributed by atoms with van der Waals surface area (Å²) in [4.78, 5) is 21.9. The Morgan fingerprint density at radius 2 is 2.50 bits per heavy atom. The Kier molecular flexibility index (Phi) is 4.19. The van der Waals surface area contributed by atoms with Crippen LogP contribution in [0.4, 0.5) is 5.82 Å². The second-order valence-electron chi connectivity index (χ2n) is 3.93. The average molecular weight is 327 g/mol. The summed E-state index contributed by atoms with van der Waals surface area (Å²) in [6.07, 6.45) is 3.83. The summed E-state index contributed by atoms with van der Waals surface area (Å²) in [5.41, 5.74) is 0.344. The molecule has 0 radical (unpaired) electrons. The van der Waals surface area contributed by atoms with E-state index in [9.17, 15) is 4.79 Å². The average Bonchev–Trinajstić information content (AvgIpc) is 2.79. The normalized spacial score (nSPS) is 19.1. The van der Waals surface area contributed by atoms with Gasteiger partial charge < -0.3 is 0 Å². The number of nitrogens with zero attached hydrogens (tertiary/aromatic N) is 4. The standard InChI is InChI=1S/C11H11BrN4OS/c1-18-11-14-5-8(4-13)10(15-11)16-6-7(3-12)2-9(16)17/h5,7H,2-3,6H2,1H3. The van der Waals surface area contributed by atoms with Crippen molar-refractivity contribution in [2.45, 2.75) is 11.6 Å². The zero-order valence-corrected chi connectivity index (χ0v) is 12.2. The molecule has 0 aromatic carbocycles. The number of halogens is 1. The summed E-state index contributed by atoms with van der Waals surface area (Å²) in [7, 11) is 0. The van der Waals surface area contributed by atoms with Crippen molar-refractivity contribution < 1.29 is 4.79 Å². The van der Waals surface area contributed by atoms with Crippen molar-refractivity contribution in [3.63, 3.8) is 0 Å². The Morgan fingerprint density at radius 1 is 1.72 bits per heavy atom. The molecule has 1 atom stereocenters. The van der Waals surface area contributed by atoms with Crippen molar-refractivity contribution in [2.75, 3.05) is 23.0 Å². The highest BCUT2D eigenvalue weighted by atomic mass is 79.9. The summed E-state index contributed by atoms with van der Waals surface area (Å²) in [6.45, 7) is 0.601. The molecule has 1 aliphatic heterocycles. The van der Waals surface area contributed by atoms with Crippen molar-refractivity contribution in [3.05, 3.63) is 11.8 Å². The van der Waals surface area contributed by atoms with Crippen molar-refractivity contribution in [3.8, 4) is 6.07 Å². The molecule has 0 bridgehead atoms. The fourth-order valence-corrected chi connectivity index (χ4v) is 2.60. The summed E-state index contributed by atoms with van der Waals surface area (Å²) < 4.78 is 0. The van der Waals surface area contributed by atoms with Crippen LogP contribution in [0.25, 0.3) is 0 Å². The Hall–Kier alpha value is -1.13. The van der Waals surface area contributed by atoms with Crippen LogP contribution in [-0.4, -0.2) is 34.0 Å². The van der Waals surface area contributed by atoms with Crippen LogP contribution in [0.5, 0.6) is 0 Å². The molecule has 18 heavy (non-hydrogen) atoms. The monoisotopic (exact) mass is 326 g/mol. The van der Waals surface area contributed by atoms with E-state index >= 15 is 0 Å². The molecule has 0 saturated carbocycles. The number of carbonyl (C=O) groups excluding carboxylic acids is 1. The molecule has 2 heterocycles. The second kappa shape index (κ2) is 5.67. The molecule has 1 amide bonds. The molecule has 1 aromatic heterocycles. The molecule has 7 heteroatoms.